The summed E-state index contributed by atoms with van der Waals surface area (Å²) >= 11 is 0. The molecule has 0 bridgehead atoms. The van der Waals surface area contributed by atoms with Gasteiger partial charge in [0.2, 0.25) is 0 Å². The number of fused-ring (bicyclic) bond motifs is 1. The van der Waals surface area contributed by atoms with Crippen molar-refractivity contribution < 1.29 is 19.4 Å². The number of carboxylic acid groups (broad SMARTS) is 1. The van der Waals surface area contributed by atoms with Crippen molar-refractivity contribution in [2.75, 3.05) is 25.2 Å². The lowest BCUT2D eigenvalue weighted by molar-refractivity contribution is 0.0493. The van der Waals surface area contributed by atoms with Gasteiger partial charge in [0.05, 0.1) is 24.4 Å². The van der Waals surface area contributed by atoms with Gasteiger partial charge in [-0.15, -0.1) is 0 Å². The molecular weight excluding hydrogens is 270 g/mol. The van der Waals surface area contributed by atoms with Crippen LogP contribution in [-0.4, -0.2) is 43.5 Å². The zero-order valence-corrected chi connectivity index (χ0v) is 12.2. The molecule has 1 N–H and O–H groups in total. The van der Waals surface area contributed by atoms with E-state index in [0.29, 0.717) is 18.4 Å². The van der Waals surface area contributed by atoms with Crippen LogP contribution < -0.4 is 9.64 Å². The maximum atomic E-state index is 11.4. The fourth-order valence-electron chi connectivity index (χ4n) is 3.49. The maximum Gasteiger partial charge on any atom is 0.339 e. The number of anilines is 1. The van der Waals surface area contributed by atoms with E-state index >= 15 is 0 Å². The first-order valence-corrected chi connectivity index (χ1v) is 7.51. The average Bonchev–Trinajstić information content (AvgIpc) is 2.53. The molecule has 1 fully saturated rings. The second-order valence-electron chi connectivity index (χ2n) is 5.63. The first-order chi connectivity index (χ1) is 10.2. The van der Waals surface area contributed by atoms with E-state index in [1.54, 1.807) is 19.2 Å². The fourth-order valence-corrected chi connectivity index (χ4v) is 3.49. The van der Waals surface area contributed by atoms with E-state index in [-0.39, 0.29) is 11.7 Å². The number of carboxylic acids is 1. The Morgan fingerprint density at radius 2 is 2.19 bits per heavy atom. The maximum absolute atomic E-state index is 11.4. The standard InChI is InChI=1S/C16H21NO4/c1-20-14-8-3-2-6-12(14)17-9-10-21-15-11(16(18)19)5-4-7-13(15)17/h4-5,7,12,14H,2-3,6,8-10H2,1H3,(H,18,19). The fraction of sp³-hybridized carbons (Fsp3) is 0.562. The highest BCUT2D eigenvalue weighted by Crippen LogP contribution is 2.39. The molecule has 114 valence electrons. The molecule has 0 aromatic heterocycles. The Bertz CT molecular complexity index is 531. The molecule has 0 radical (unpaired) electrons. The minimum absolute atomic E-state index is 0.207. The summed E-state index contributed by atoms with van der Waals surface area (Å²) in [6.45, 7) is 1.30. The number of carbonyl (C=O) groups is 1. The van der Waals surface area contributed by atoms with Crippen molar-refractivity contribution in [3.05, 3.63) is 23.8 Å². The van der Waals surface area contributed by atoms with E-state index in [2.05, 4.69) is 4.90 Å². The number of aromatic carboxylic acids is 1. The summed E-state index contributed by atoms with van der Waals surface area (Å²) in [5.41, 5.74) is 1.12. The lowest BCUT2D eigenvalue weighted by Crippen LogP contribution is -2.49. The number of para-hydroxylation sites is 1. The molecule has 1 heterocycles. The van der Waals surface area contributed by atoms with Crippen LogP contribution in [0.2, 0.25) is 0 Å². The van der Waals surface area contributed by atoms with Crippen molar-refractivity contribution in [3.8, 4) is 5.75 Å². The summed E-state index contributed by atoms with van der Waals surface area (Å²) in [5.74, 6) is -0.447. The Kier molecular flexibility index (Phi) is 4.01. The number of hydrogen-bond acceptors (Lipinski definition) is 4. The molecule has 3 rings (SSSR count). The normalized spacial score (nSPS) is 25.1. The minimum Gasteiger partial charge on any atom is -0.489 e. The number of rotatable bonds is 3. The summed E-state index contributed by atoms with van der Waals surface area (Å²) in [6.07, 6.45) is 4.73. The molecule has 2 atom stereocenters. The van der Waals surface area contributed by atoms with Gasteiger partial charge in [-0.1, -0.05) is 18.9 Å². The predicted octanol–water partition coefficient (Wildman–Crippen LogP) is 2.54. The molecular formula is C16H21NO4. The highest BCUT2D eigenvalue weighted by molar-refractivity contribution is 5.93. The summed E-state index contributed by atoms with van der Waals surface area (Å²) in [4.78, 5) is 13.6. The summed E-state index contributed by atoms with van der Waals surface area (Å²) in [5, 5.41) is 9.31. The van der Waals surface area contributed by atoms with Gasteiger partial charge in [0.1, 0.15) is 12.2 Å². The Balaban J connectivity index is 1.96. The van der Waals surface area contributed by atoms with Crippen molar-refractivity contribution in [2.24, 2.45) is 0 Å². The molecule has 1 aromatic rings. The molecule has 1 aliphatic heterocycles. The largest absolute Gasteiger partial charge is 0.489 e. The SMILES string of the molecule is COC1CCCCC1N1CCOc2c(C(=O)O)cccc21. The van der Waals surface area contributed by atoms with Gasteiger partial charge >= 0.3 is 5.97 Å². The van der Waals surface area contributed by atoms with Gasteiger partial charge in [0, 0.05) is 7.11 Å². The molecule has 5 nitrogen and oxygen atoms in total. The molecule has 0 spiro atoms. The van der Waals surface area contributed by atoms with Gasteiger partial charge in [0.15, 0.2) is 5.75 Å². The van der Waals surface area contributed by atoms with Crippen molar-refractivity contribution >= 4 is 11.7 Å². The first-order valence-electron chi connectivity index (χ1n) is 7.51. The van der Waals surface area contributed by atoms with Crippen LogP contribution >= 0.6 is 0 Å². The predicted molar refractivity (Wildman–Crippen MR) is 79.3 cm³/mol. The Morgan fingerprint density at radius 3 is 2.95 bits per heavy atom. The van der Waals surface area contributed by atoms with Gasteiger partial charge in [0.25, 0.3) is 0 Å². The quantitative estimate of drug-likeness (QED) is 0.927. The topological polar surface area (TPSA) is 59.0 Å². The van der Waals surface area contributed by atoms with Crippen LogP contribution in [0.25, 0.3) is 0 Å². The van der Waals surface area contributed by atoms with Crippen LogP contribution in [0.4, 0.5) is 5.69 Å². The highest BCUT2D eigenvalue weighted by Gasteiger charge is 2.34. The van der Waals surface area contributed by atoms with Crippen LogP contribution in [0.3, 0.4) is 0 Å². The Hall–Kier alpha value is -1.75. The summed E-state index contributed by atoms with van der Waals surface area (Å²) in [6, 6.07) is 5.63. The van der Waals surface area contributed by atoms with Gasteiger partial charge in [-0.05, 0) is 25.0 Å². The van der Waals surface area contributed by atoms with E-state index in [9.17, 15) is 9.90 Å². The van der Waals surface area contributed by atoms with E-state index < -0.39 is 5.97 Å². The van der Waals surface area contributed by atoms with Crippen LogP contribution in [0, 0.1) is 0 Å². The van der Waals surface area contributed by atoms with Crippen molar-refractivity contribution in [3.63, 3.8) is 0 Å². The highest BCUT2D eigenvalue weighted by atomic mass is 16.5. The number of ether oxygens (including phenoxy) is 2. The average molecular weight is 291 g/mol. The molecule has 1 saturated carbocycles. The lowest BCUT2D eigenvalue weighted by atomic mass is 9.90. The third-order valence-corrected chi connectivity index (χ3v) is 4.48. The number of methoxy groups -OCH3 is 1. The zero-order valence-electron chi connectivity index (χ0n) is 12.2. The molecule has 2 unspecified atom stereocenters. The van der Waals surface area contributed by atoms with Gasteiger partial charge in [-0.3, -0.25) is 0 Å². The molecule has 0 amide bonds. The van der Waals surface area contributed by atoms with Gasteiger partial charge in [-0.25, -0.2) is 4.79 Å². The molecule has 1 aromatic carbocycles. The molecule has 2 aliphatic rings. The second-order valence-corrected chi connectivity index (χ2v) is 5.63. The minimum atomic E-state index is -0.944. The number of nitrogens with zero attached hydrogens (tertiary/aromatic N) is 1. The lowest BCUT2D eigenvalue weighted by Gasteiger charge is -2.43. The monoisotopic (exact) mass is 291 g/mol. The van der Waals surface area contributed by atoms with E-state index in [1.807, 2.05) is 6.07 Å². The van der Waals surface area contributed by atoms with Gasteiger partial charge < -0.3 is 19.5 Å². The van der Waals surface area contributed by atoms with Crippen LogP contribution in [0.1, 0.15) is 36.0 Å². The summed E-state index contributed by atoms with van der Waals surface area (Å²) < 4.78 is 11.3. The van der Waals surface area contributed by atoms with Gasteiger partial charge in [-0.2, -0.15) is 0 Å². The van der Waals surface area contributed by atoms with E-state index in [0.717, 1.165) is 25.1 Å². The van der Waals surface area contributed by atoms with Crippen molar-refractivity contribution in [2.45, 2.75) is 37.8 Å². The van der Waals surface area contributed by atoms with Crippen LogP contribution in [0.5, 0.6) is 5.75 Å². The first kappa shape index (κ1) is 14.2. The Morgan fingerprint density at radius 1 is 1.38 bits per heavy atom. The van der Waals surface area contributed by atoms with Crippen molar-refractivity contribution in [1.29, 1.82) is 0 Å². The smallest absolute Gasteiger partial charge is 0.339 e. The molecule has 0 saturated heterocycles. The number of benzene rings is 1. The van der Waals surface area contributed by atoms with Crippen LogP contribution in [0.15, 0.2) is 18.2 Å². The van der Waals surface area contributed by atoms with E-state index in [4.69, 9.17) is 9.47 Å². The Labute approximate surface area is 124 Å². The second kappa shape index (κ2) is 5.93. The zero-order chi connectivity index (χ0) is 14.8. The van der Waals surface area contributed by atoms with E-state index in [1.165, 1.54) is 12.8 Å². The van der Waals surface area contributed by atoms with Crippen molar-refractivity contribution in [1.82, 2.24) is 0 Å². The number of hydrogen-bond donors (Lipinski definition) is 1. The molecule has 5 heteroatoms. The summed E-state index contributed by atoms with van der Waals surface area (Å²) in [7, 11) is 1.76. The molecule has 1 aliphatic carbocycles. The third kappa shape index (κ3) is 2.58. The van der Waals surface area contributed by atoms with Crippen LogP contribution in [-0.2, 0) is 4.74 Å². The third-order valence-electron chi connectivity index (χ3n) is 4.48. The molecule has 21 heavy (non-hydrogen) atoms.